The van der Waals surface area contributed by atoms with Gasteiger partial charge >= 0.3 is 5.69 Å². The summed E-state index contributed by atoms with van der Waals surface area (Å²) in [4.78, 5) is 51.2. The quantitative estimate of drug-likeness (QED) is 0.232. The van der Waals surface area contributed by atoms with Crippen molar-refractivity contribution >= 4 is 17.8 Å². The molecule has 13 heteroatoms. The number of aromatic nitrogens is 2. The van der Waals surface area contributed by atoms with Gasteiger partial charge in [0.05, 0.1) is 6.61 Å². The van der Waals surface area contributed by atoms with Crippen LogP contribution in [0.15, 0.2) is 21.9 Å². The molecule has 1 saturated heterocycles. The summed E-state index contributed by atoms with van der Waals surface area (Å²) < 4.78 is 11.7. The van der Waals surface area contributed by atoms with Crippen LogP contribution in [0, 0.1) is 0 Å². The second-order valence-corrected chi connectivity index (χ2v) is 8.52. The van der Waals surface area contributed by atoms with E-state index in [-0.39, 0.29) is 0 Å². The Kier molecular flexibility index (Phi) is 5.61. The highest BCUT2D eigenvalue weighted by Gasteiger charge is 2.45. The SMILES string of the molecule is CO[C@@H]1[C@@H](O)[C@@H](CO)O[C@H]1n1ccc(=O)n([SH]=P(O)(O)O)c1=O. The molecule has 23 heavy (non-hydrogen) atoms. The Labute approximate surface area is 132 Å². The zero-order valence-electron chi connectivity index (χ0n) is 11.8. The summed E-state index contributed by atoms with van der Waals surface area (Å²) in [6.07, 6.45) is -3.25. The first-order valence-electron chi connectivity index (χ1n) is 6.32. The predicted octanol–water partition coefficient (Wildman–Crippen LogP) is -3.49. The van der Waals surface area contributed by atoms with E-state index in [0.29, 0.717) is 3.97 Å². The molecule has 0 aliphatic carbocycles. The number of hydrogen-bond acceptors (Lipinski definition) is 6. The van der Waals surface area contributed by atoms with Crippen molar-refractivity contribution in [3.63, 3.8) is 0 Å². The molecular weight excluding hydrogens is 355 g/mol. The molecule has 0 bridgehead atoms. The Morgan fingerprint density at radius 2 is 2.04 bits per heavy atom. The van der Waals surface area contributed by atoms with Crippen molar-refractivity contribution in [2.24, 2.45) is 0 Å². The molecule has 1 aromatic rings. The van der Waals surface area contributed by atoms with Gasteiger partial charge in [-0.1, -0.05) is 0 Å². The Morgan fingerprint density at radius 1 is 1.39 bits per heavy atom. The minimum absolute atomic E-state index is 0.405. The number of methoxy groups -OCH3 is 1. The highest BCUT2D eigenvalue weighted by Crippen LogP contribution is 2.31. The average molecular weight is 372 g/mol. The van der Waals surface area contributed by atoms with Crippen LogP contribution in [0.5, 0.6) is 0 Å². The number of nitrogens with zero attached hydrogens (tertiary/aromatic N) is 2. The van der Waals surface area contributed by atoms with E-state index < -0.39 is 60.2 Å². The summed E-state index contributed by atoms with van der Waals surface area (Å²) in [5, 5.41) is 19.1. The van der Waals surface area contributed by atoms with Gasteiger partial charge in [0.2, 0.25) is 0 Å². The lowest BCUT2D eigenvalue weighted by molar-refractivity contribution is -0.0626. The van der Waals surface area contributed by atoms with Gasteiger partial charge in [0.1, 0.15) is 18.3 Å². The molecule has 0 spiro atoms. The van der Waals surface area contributed by atoms with Gasteiger partial charge in [0.15, 0.2) is 6.23 Å². The van der Waals surface area contributed by atoms with Crippen LogP contribution < -0.4 is 11.2 Å². The van der Waals surface area contributed by atoms with Gasteiger partial charge in [0.25, 0.3) is 12.3 Å². The molecule has 2 heterocycles. The molecule has 11 nitrogen and oxygen atoms in total. The molecular formula is C10H17N2O9PS. The van der Waals surface area contributed by atoms with Gasteiger partial charge in [0, 0.05) is 19.4 Å². The lowest BCUT2D eigenvalue weighted by atomic mass is 10.1. The summed E-state index contributed by atoms with van der Waals surface area (Å²) in [5.41, 5.74) is -1.86. The minimum atomic E-state index is -4.43. The minimum Gasteiger partial charge on any atom is -0.394 e. The Hall–Kier alpha value is -0.820. The second kappa shape index (κ2) is 6.97. The number of ether oxygens (including phenoxy) is 2. The topological polar surface area (TPSA) is 164 Å². The van der Waals surface area contributed by atoms with Crippen molar-refractivity contribution in [1.82, 2.24) is 8.54 Å². The fourth-order valence-electron chi connectivity index (χ4n) is 2.23. The van der Waals surface area contributed by atoms with E-state index in [0.717, 1.165) is 16.8 Å². The maximum absolute atomic E-state index is 12.3. The van der Waals surface area contributed by atoms with Gasteiger partial charge < -0.3 is 34.4 Å². The van der Waals surface area contributed by atoms with Crippen molar-refractivity contribution < 1.29 is 34.4 Å². The van der Waals surface area contributed by atoms with Gasteiger partial charge in [-0.05, 0) is 11.1 Å². The lowest BCUT2D eigenvalue weighted by Crippen LogP contribution is -2.42. The van der Waals surface area contributed by atoms with Crippen molar-refractivity contribution in [2.45, 2.75) is 24.5 Å². The van der Waals surface area contributed by atoms with Gasteiger partial charge in [-0.25, -0.2) is 8.77 Å². The summed E-state index contributed by atoms with van der Waals surface area (Å²) >= 11 is -0.686. The van der Waals surface area contributed by atoms with E-state index in [1.165, 1.54) is 7.11 Å². The van der Waals surface area contributed by atoms with E-state index >= 15 is 0 Å². The predicted molar refractivity (Wildman–Crippen MR) is 80.5 cm³/mol. The first kappa shape index (κ1) is 18.5. The molecule has 0 radical (unpaired) electrons. The van der Waals surface area contributed by atoms with E-state index in [4.69, 9.17) is 29.3 Å². The van der Waals surface area contributed by atoms with Crippen LogP contribution in [0.4, 0.5) is 0 Å². The summed E-state index contributed by atoms with van der Waals surface area (Å²) in [5.74, 6) is 0. The molecule has 132 valence electrons. The van der Waals surface area contributed by atoms with Crippen molar-refractivity contribution in [2.75, 3.05) is 13.7 Å². The third-order valence-corrected chi connectivity index (χ3v) is 5.28. The first-order valence-corrected chi connectivity index (χ1v) is 9.52. The van der Waals surface area contributed by atoms with Crippen LogP contribution in [0.3, 0.4) is 0 Å². The molecule has 0 aromatic carbocycles. The van der Waals surface area contributed by atoms with Crippen LogP contribution in [-0.2, 0) is 20.6 Å². The fourth-order valence-corrected chi connectivity index (χ4v) is 4.01. The molecule has 1 aromatic heterocycles. The molecule has 4 atom stereocenters. The molecule has 5 N–H and O–H groups in total. The monoisotopic (exact) mass is 372 g/mol. The lowest BCUT2D eigenvalue weighted by Gasteiger charge is -2.21. The number of aliphatic hydroxyl groups is 2. The smallest absolute Gasteiger partial charge is 0.343 e. The number of aliphatic hydroxyl groups excluding tert-OH is 2. The number of rotatable bonds is 4. The summed E-state index contributed by atoms with van der Waals surface area (Å²) in [7, 11) is 1.27. The maximum atomic E-state index is 12.3. The summed E-state index contributed by atoms with van der Waals surface area (Å²) in [6, 6.07) is 0.957. The normalized spacial score (nSPS) is 28.3. The molecule has 0 unspecified atom stereocenters. The Balaban J connectivity index is 2.55. The van der Waals surface area contributed by atoms with Gasteiger partial charge in [-0.3, -0.25) is 9.36 Å². The first-order chi connectivity index (χ1) is 10.7. The second-order valence-electron chi connectivity index (χ2n) is 4.72. The van der Waals surface area contributed by atoms with Crippen LogP contribution in [0.25, 0.3) is 0 Å². The third kappa shape index (κ3) is 3.82. The van der Waals surface area contributed by atoms with Crippen molar-refractivity contribution in [3.8, 4) is 0 Å². The van der Waals surface area contributed by atoms with Gasteiger partial charge in [-0.15, -0.1) is 0 Å². The van der Waals surface area contributed by atoms with Crippen molar-refractivity contribution in [3.05, 3.63) is 33.1 Å². The Bertz CT molecular complexity index is 732. The highest BCUT2D eigenvalue weighted by molar-refractivity contribution is 8.15. The van der Waals surface area contributed by atoms with E-state index in [2.05, 4.69) is 0 Å². The maximum Gasteiger partial charge on any atom is 0.343 e. The van der Waals surface area contributed by atoms with E-state index in [9.17, 15) is 14.7 Å². The zero-order valence-corrected chi connectivity index (χ0v) is 13.6. The molecule has 0 saturated carbocycles. The van der Waals surface area contributed by atoms with Crippen LogP contribution in [0.2, 0.25) is 0 Å². The number of thiol groups is 1. The largest absolute Gasteiger partial charge is 0.394 e. The highest BCUT2D eigenvalue weighted by atomic mass is 32.5. The molecule has 2 rings (SSSR count). The third-order valence-electron chi connectivity index (χ3n) is 3.24. The van der Waals surface area contributed by atoms with Crippen LogP contribution >= 0.6 is 6.72 Å². The van der Waals surface area contributed by atoms with Crippen molar-refractivity contribution in [1.29, 1.82) is 0 Å². The van der Waals surface area contributed by atoms with Crippen LogP contribution in [0.1, 0.15) is 6.23 Å². The van der Waals surface area contributed by atoms with E-state index in [1.807, 2.05) is 0 Å². The Morgan fingerprint density at radius 3 is 2.57 bits per heavy atom. The average Bonchev–Trinajstić information content (AvgIpc) is 2.78. The molecule has 1 aliphatic heterocycles. The van der Waals surface area contributed by atoms with Crippen LogP contribution in [-0.4, -0.2) is 65.5 Å². The van der Waals surface area contributed by atoms with E-state index in [1.54, 1.807) is 0 Å². The summed E-state index contributed by atoms with van der Waals surface area (Å²) in [6.45, 7) is -4.95. The molecule has 1 aliphatic rings. The number of hydrogen-bond donors (Lipinski definition) is 6. The zero-order chi connectivity index (χ0) is 17.4. The molecule has 1 fully saturated rings. The fraction of sp³-hybridized carbons (Fsp3) is 0.600. The van der Waals surface area contributed by atoms with Gasteiger partial charge in [-0.2, -0.15) is 0 Å². The standard InChI is InChI=1S/C10H17N2O9PS/c1-20-8-7(15)5(4-13)21-9(8)11-3-2-6(14)12(10(11)16)23-22(17,18)19/h2-3,5,7-9,13,15,17-19,23H,4H2,1H3/t5-,7+,8-,9-/m1/s1. The molecule has 0 amide bonds.